The summed E-state index contributed by atoms with van der Waals surface area (Å²) in [5.74, 6) is 0.508. The average Bonchev–Trinajstić information content (AvgIpc) is 2.58. The van der Waals surface area contributed by atoms with Gasteiger partial charge in [-0.15, -0.1) is 5.06 Å². The lowest BCUT2D eigenvalue weighted by atomic mass is 10.3. The third-order valence-electron chi connectivity index (χ3n) is 2.20. The van der Waals surface area contributed by atoms with Crippen molar-refractivity contribution in [3.05, 3.63) is 22.8 Å². The van der Waals surface area contributed by atoms with E-state index in [1.807, 2.05) is 6.07 Å². The summed E-state index contributed by atoms with van der Waals surface area (Å²) < 4.78 is 0. The molecule has 1 aliphatic rings. The van der Waals surface area contributed by atoms with Crippen LogP contribution in [0.1, 0.15) is 12.5 Å². The largest absolute Gasteiger partial charge is 0.385 e. The van der Waals surface area contributed by atoms with E-state index in [1.165, 1.54) is 6.92 Å². The zero-order valence-corrected chi connectivity index (χ0v) is 9.62. The predicted molar refractivity (Wildman–Crippen MR) is 59.0 cm³/mol. The Labute approximate surface area is 98.3 Å². The summed E-state index contributed by atoms with van der Waals surface area (Å²) in [6.07, 6.45) is 0. The van der Waals surface area contributed by atoms with Crippen LogP contribution < -0.4 is 10.2 Å². The summed E-state index contributed by atoms with van der Waals surface area (Å²) >= 11 is 5.75. The second-order valence-corrected chi connectivity index (χ2v) is 3.92. The van der Waals surface area contributed by atoms with Crippen molar-refractivity contribution < 1.29 is 9.63 Å². The number of pyridine rings is 1. The fraction of sp³-hybridized carbons (Fsp3) is 0.400. The Bertz CT molecular complexity index is 411. The van der Waals surface area contributed by atoms with Crippen molar-refractivity contribution in [2.24, 2.45) is 0 Å². The Kier molecular flexibility index (Phi) is 3.26. The average molecular weight is 242 g/mol. The normalized spacial score (nSPS) is 14.4. The van der Waals surface area contributed by atoms with Crippen molar-refractivity contribution in [2.75, 3.05) is 13.1 Å². The van der Waals surface area contributed by atoms with E-state index in [1.54, 1.807) is 11.1 Å². The third-order valence-corrected chi connectivity index (χ3v) is 2.41. The highest BCUT2D eigenvalue weighted by Gasteiger charge is 2.21. The maximum absolute atomic E-state index is 10.7. The number of carbonyl (C=O) groups is 1. The van der Waals surface area contributed by atoms with Crippen molar-refractivity contribution in [1.29, 1.82) is 0 Å². The molecule has 0 aromatic carbocycles. The number of hydrogen-bond acceptors (Lipinski definition) is 4. The van der Waals surface area contributed by atoms with Gasteiger partial charge in [0.15, 0.2) is 0 Å². The number of nitrogens with one attached hydrogen (secondary N) is 1. The van der Waals surface area contributed by atoms with Gasteiger partial charge in [-0.2, -0.15) is 4.98 Å². The van der Waals surface area contributed by atoms with E-state index in [0.717, 1.165) is 5.56 Å². The molecule has 0 aliphatic carbocycles. The van der Waals surface area contributed by atoms with Crippen LogP contribution in [0.25, 0.3) is 0 Å². The van der Waals surface area contributed by atoms with Crippen LogP contribution in [-0.2, 0) is 11.3 Å². The predicted octanol–water partition coefficient (Wildman–Crippen LogP) is 0.980. The molecular formula is C10H12ClN3O2. The molecule has 0 spiro atoms. The first-order valence-corrected chi connectivity index (χ1v) is 5.36. The SMILES string of the molecule is CC(=O)NCCN1Cc2ccc(Cl)nc2O1. The fourth-order valence-electron chi connectivity index (χ4n) is 1.47. The van der Waals surface area contributed by atoms with Gasteiger partial charge in [-0.25, -0.2) is 0 Å². The van der Waals surface area contributed by atoms with Gasteiger partial charge in [-0.05, 0) is 12.1 Å². The topological polar surface area (TPSA) is 54.5 Å². The Morgan fingerprint density at radius 3 is 3.25 bits per heavy atom. The van der Waals surface area contributed by atoms with Crippen molar-refractivity contribution >= 4 is 17.5 Å². The van der Waals surface area contributed by atoms with Crippen LogP contribution in [0, 0.1) is 0 Å². The summed E-state index contributed by atoms with van der Waals surface area (Å²) in [7, 11) is 0. The Morgan fingerprint density at radius 1 is 1.69 bits per heavy atom. The number of hydroxylamine groups is 2. The van der Waals surface area contributed by atoms with E-state index in [0.29, 0.717) is 30.7 Å². The molecule has 0 saturated carbocycles. The second-order valence-electron chi connectivity index (χ2n) is 3.54. The lowest BCUT2D eigenvalue weighted by Gasteiger charge is -2.13. The summed E-state index contributed by atoms with van der Waals surface area (Å²) in [4.78, 5) is 20.2. The van der Waals surface area contributed by atoms with Gasteiger partial charge in [0.2, 0.25) is 11.8 Å². The van der Waals surface area contributed by atoms with Gasteiger partial charge < -0.3 is 10.2 Å². The number of fused-ring (bicyclic) bond motifs is 1. The lowest BCUT2D eigenvalue weighted by molar-refractivity contribution is -0.119. The van der Waals surface area contributed by atoms with E-state index >= 15 is 0 Å². The van der Waals surface area contributed by atoms with Crippen LogP contribution >= 0.6 is 11.6 Å². The molecule has 6 heteroatoms. The molecule has 0 radical (unpaired) electrons. The number of hydrogen-bond donors (Lipinski definition) is 1. The highest BCUT2D eigenvalue weighted by Crippen LogP contribution is 2.26. The van der Waals surface area contributed by atoms with Gasteiger partial charge >= 0.3 is 0 Å². The molecule has 5 nitrogen and oxygen atoms in total. The molecule has 0 fully saturated rings. The molecule has 1 aromatic heterocycles. The van der Waals surface area contributed by atoms with Crippen molar-refractivity contribution in [3.8, 4) is 5.88 Å². The quantitative estimate of drug-likeness (QED) is 0.802. The molecule has 2 heterocycles. The second kappa shape index (κ2) is 4.67. The molecule has 1 aromatic rings. The number of amides is 1. The van der Waals surface area contributed by atoms with Gasteiger partial charge in [0, 0.05) is 19.0 Å². The molecule has 16 heavy (non-hydrogen) atoms. The highest BCUT2D eigenvalue weighted by molar-refractivity contribution is 6.29. The van der Waals surface area contributed by atoms with E-state index in [9.17, 15) is 4.79 Å². The standard InChI is InChI=1S/C10H12ClN3O2/c1-7(15)12-4-5-14-6-8-2-3-9(11)13-10(8)16-14/h2-3H,4-6H2,1H3,(H,12,15). The van der Waals surface area contributed by atoms with Crippen molar-refractivity contribution in [1.82, 2.24) is 15.4 Å². The smallest absolute Gasteiger partial charge is 0.244 e. The molecule has 0 unspecified atom stereocenters. The molecule has 2 rings (SSSR count). The number of nitrogens with zero attached hydrogens (tertiary/aromatic N) is 2. The van der Waals surface area contributed by atoms with E-state index in [2.05, 4.69) is 10.3 Å². The molecule has 1 aliphatic heterocycles. The van der Waals surface area contributed by atoms with Crippen LogP contribution in [-0.4, -0.2) is 29.0 Å². The minimum absolute atomic E-state index is 0.0436. The Balaban J connectivity index is 1.88. The van der Waals surface area contributed by atoms with Crippen LogP contribution in [0.15, 0.2) is 12.1 Å². The molecule has 1 amide bonds. The molecule has 86 valence electrons. The van der Waals surface area contributed by atoms with Gasteiger partial charge in [0.1, 0.15) is 5.15 Å². The van der Waals surface area contributed by atoms with Crippen LogP contribution in [0.4, 0.5) is 0 Å². The molecule has 1 N–H and O–H groups in total. The molecule has 0 bridgehead atoms. The minimum Gasteiger partial charge on any atom is -0.385 e. The first kappa shape index (κ1) is 11.2. The summed E-state index contributed by atoms with van der Waals surface area (Å²) in [5, 5.41) is 4.86. The number of aromatic nitrogens is 1. The van der Waals surface area contributed by atoms with E-state index in [4.69, 9.17) is 16.4 Å². The van der Waals surface area contributed by atoms with Crippen molar-refractivity contribution in [2.45, 2.75) is 13.5 Å². The Morgan fingerprint density at radius 2 is 2.50 bits per heavy atom. The number of rotatable bonds is 3. The number of carbonyl (C=O) groups excluding carboxylic acids is 1. The van der Waals surface area contributed by atoms with Crippen LogP contribution in [0.3, 0.4) is 0 Å². The molecule has 0 atom stereocenters. The summed E-state index contributed by atoms with van der Waals surface area (Å²) in [5.41, 5.74) is 1.01. The van der Waals surface area contributed by atoms with Crippen molar-refractivity contribution in [3.63, 3.8) is 0 Å². The zero-order chi connectivity index (χ0) is 11.5. The summed E-state index contributed by atoms with van der Waals surface area (Å²) in [6.45, 7) is 3.32. The maximum atomic E-state index is 10.7. The monoisotopic (exact) mass is 241 g/mol. The van der Waals surface area contributed by atoms with Gasteiger partial charge in [0.25, 0.3) is 0 Å². The zero-order valence-electron chi connectivity index (χ0n) is 8.86. The van der Waals surface area contributed by atoms with E-state index in [-0.39, 0.29) is 5.91 Å². The number of halogens is 1. The van der Waals surface area contributed by atoms with Gasteiger partial charge in [-0.1, -0.05) is 11.6 Å². The first-order chi connectivity index (χ1) is 7.65. The van der Waals surface area contributed by atoms with Gasteiger partial charge in [-0.3, -0.25) is 4.79 Å². The highest BCUT2D eigenvalue weighted by atomic mass is 35.5. The lowest BCUT2D eigenvalue weighted by Crippen LogP contribution is -2.33. The minimum atomic E-state index is -0.0436. The third kappa shape index (κ3) is 2.62. The maximum Gasteiger partial charge on any atom is 0.244 e. The molecule has 0 saturated heterocycles. The van der Waals surface area contributed by atoms with Gasteiger partial charge in [0.05, 0.1) is 13.1 Å². The van der Waals surface area contributed by atoms with Crippen LogP contribution in [0.2, 0.25) is 5.15 Å². The summed E-state index contributed by atoms with van der Waals surface area (Å²) in [6, 6.07) is 3.63. The Hall–Kier alpha value is -1.33. The van der Waals surface area contributed by atoms with Crippen LogP contribution in [0.5, 0.6) is 5.88 Å². The fourth-order valence-corrected chi connectivity index (χ4v) is 1.61. The molecular weight excluding hydrogens is 230 g/mol. The first-order valence-electron chi connectivity index (χ1n) is 4.98. The van der Waals surface area contributed by atoms with E-state index < -0.39 is 0 Å².